The van der Waals surface area contributed by atoms with Crippen molar-refractivity contribution in [3.8, 4) is 5.75 Å². The van der Waals surface area contributed by atoms with Gasteiger partial charge in [0, 0.05) is 31.0 Å². The number of nitrogens with two attached hydrogens (primary N) is 1. The summed E-state index contributed by atoms with van der Waals surface area (Å²) in [6, 6.07) is 17.7. The van der Waals surface area contributed by atoms with Crippen LogP contribution in [0, 0.1) is 0 Å². The van der Waals surface area contributed by atoms with E-state index in [4.69, 9.17) is 10.5 Å². The molecule has 0 aliphatic heterocycles. The summed E-state index contributed by atoms with van der Waals surface area (Å²) in [5.41, 5.74) is 8.69. The van der Waals surface area contributed by atoms with Crippen molar-refractivity contribution in [1.29, 1.82) is 0 Å². The van der Waals surface area contributed by atoms with Crippen molar-refractivity contribution in [1.82, 2.24) is 9.88 Å². The number of rotatable bonds is 11. The largest absolute Gasteiger partial charge is 0.494 e. The van der Waals surface area contributed by atoms with E-state index in [1.54, 1.807) is 47.5 Å². The fourth-order valence-corrected chi connectivity index (χ4v) is 3.51. The number of aromatic nitrogens is 1. The Bertz CT molecular complexity index is 1120. The number of nitrogens with zero attached hydrogens (tertiary/aromatic N) is 2. The Kier molecular flexibility index (Phi) is 9.48. The lowest BCUT2D eigenvalue weighted by atomic mass is 10.2. The summed E-state index contributed by atoms with van der Waals surface area (Å²) >= 11 is 0. The van der Waals surface area contributed by atoms with Crippen LogP contribution in [-0.4, -0.2) is 35.0 Å². The third kappa shape index (κ3) is 7.74. The first kappa shape index (κ1) is 25.6. The number of carbonyl (C=O) groups excluding carboxylic acids is 2. The normalized spacial score (nSPS) is 10.5. The molecule has 0 saturated carbocycles. The van der Waals surface area contributed by atoms with E-state index < -0.39 is 0 Å². The van der Waals surface area contributed by atoms with Gasteiger partial charge in [0.2, 0.25) is 0 Å². The van der Waals surface area contributed by atoms with Crippen molar-refractivity contribution in [2.75, 3.05) is 29.5 Å². The summed E-state index contributed by atoms with van der Waals surface area (Å²) in [4.78, 5) is 31.7. The Labute approximate surface area is 206 Å². The van der Waals surface area contributed by atoms with Crippen molar-refractivity contribution in [2.24, 2.45) is 0 Å². The molecule has 0 aliphatic rings. The second kappa shape index (κ2) is 13.0. The van der Waals surface area contributed by atoms with E-state index in [1.807, 2.05) is 31.2 Å². The Balaban J connectivity index is 1.66. The van der Waals surface area contributed by atoms with E-state index in [9.17, 15) is 9.59 Å². The summed E-state index contributed by atoms with van der Waals surface area (Å²) < 4.78 is 5.53. The van der Waals surface area contributed by atoms with Crippen LogP contribution < -0.4 is 21.1 Å². The van der Waals surface area contributed by atoms with E-state index in [-0.39, 0.29) is 17.6 Å². The Morgan fingerprint density at radius 2 is 1.83 bits per heavy atom. The number of carbonyl (C=O) groups is 2. The molecule has 3 amide bonds. The van der Waals surface area contributed by atoms with Gasteiger partial charge in [-0.05, 0) is 49.2 Å². The first-order chi connectivity index (χ1) is 17.0. The minimum absolute atomic E-state index is 0.198. The number of anilines is 3. The lowest BCUT2D eigenvalue weighted by Crippen LogP contribution is -2.35. The molecule has 0 unspecified atom stereocenters. The van der Waals surface area contributed by atoms with Crippen LogP contribution in [0.5, 0.6) is 5.75 Å². The summed E-state index contributed by atoms with van der Waals surface area (Å²) in [5, 5.41) is 5.73. The third-order valence-electron chi connectivity index (χ3n) is 5.35. The number of unbranched alkanes of at least 4 members (excludes halogenated alkanes) is 2. The Hall–Kier alpha value is -4.07. The monoisotopic (exact) mass is 475 g/mol. The van der Waals surface area contributed by atoms with Crippen LogP contribution in [0.25, 0.3) is 0 Å². The predicted octanol–water partition coefficient (Wildman–Crippen LogP) is 5.54. The summed E-state index contributed by atoms with van der Waals surface area (Å²) in [7, 11) is 0. The molecule has 0 bridgehead atoms. The summed E-state index contributed by atoms with van der Waals surface area (Å²) in [6.07, 6.45) is 4.61. The minimum Gasteiger partial charge on any atom is -0.494 e. The van der Waals surface area contributed by atoms with Gasteiger partial charge in [0.05, 0.1) is 18.0 Å². The van der Waals surface area contributed by atoms with E-state index in [0.717, 1.165) is 24.8 Å². The molecule has 0 fully saturated rings. The average Bonchev–Trinajstić information content (AvgIpc) is 2.86. The van der Waals surface area contributed by atoms with Crippen molar-refractivity contribution < 1.29 is 14.3 Å². The molecule has 0 spiro atoms. The van der Waals surface area contributed by atoms with Crippen LogP contribution in [0.4, 0.5) is 21.9 Å². The summed E-state index contributed by atoms with van der Waals surface area (Å²) in [6.45, 7) is 5.59. The molecule has 0 radical (unpaired) electrons. The molecule has 8 nitrogen and oxygen atoms in total. The summed E-state index contributed by atoms with van der Waals surface area (Å²) in [5.74, 6) is 0.360. The second-order valence-corrected chi connectivity index (χ2v) is 8.11. The highest BCUT2D eigenvalue weighted by atomic mass is 16.5. The molecule has 35 heavy (non-hydrogen) atoms. The van der Waals surface area contributed by atoms with Crippen LogP contribution in [-0.2, 0) is 6.54 Å². The average molecular weight is 476 g/mol. The molecule has 2 aromatic carbocycles. The highest BCUT2D eigenvalue weighted by Gasteiger charge is 2.16. The second-order valence-electron chi connectivity index (χ2n) is 8.11. The molecule has 0 aliphatic carbocycles. The number of hydrogen-bond acceptors (Lipinski definition) is 5. The van der Waals surface area contributed by atoms with Gasteiger partial charge in [-0.25, -0.2) is 4.79 Å². The first-order valence-electron chi connectivity index (χ1n) is 11.9. The fraction of sp³-hybridized carbons (Fsp3) is 0.296. The molecular formula is C27H33N5O3. The number of urea groups is 1. The molecule has 0 atom stereocenters. The van der Waals surface area contributed by atoms with Crippen LogP contribution in [0.3, 0.4) is 0 Å². The van der Waals surface area contributed by atoms with Gasteiger partial charge in [-0.2, -0.15) is 0 Å². The topological polar surface area (TPSA) is 110 Å². The minimum atomic E-state index is -0.346. The van der Waals surface area contributed by atoms with Gasteiger partial charge in [0.1, 0.15) is 11.4 Å². The van der Waals surface area contributed by atoms with Gasteiger partial charge >= 0.3 is 6.03 Å². The van der Waals surface area contributed by atoms with Crippen molar-refractivity contribution in [2.45, 2.75) is 39.7 Å². The van der Waals surface area contributed by atoms with Crippen molar-refractivity contribution >= 4 is 29.0 Å². The predicted molar refractivity (Wildman–Crippen MR) is 140 cm³/mol. The maximum Gasteiger partial charge on any atom is 0.322 e. The maximum absolute atomic E-state index is 13.1. The maximum atomic E-state index is 13.1. The SMILES string of the molecule is CCCCCN(Cc1ccc(C(=O)Nc2ccccc2N)nc1)C(=O)Nc1cccc(OCC)c1. The number of nitrogens with one attached hydrogen (secondary N) is 2. The van der Waals surface area contributed by atoms with Gasteiger partial charge in [0.25, 0.3) is 5.91 Å². The highest BCUT2D eigenvalue weighted by Crippen LogP contribution is 2.19. The zero-order chi connectivity index (χ0) is 25.0. The Morgan fingerprint density at radius 1 is 1.00 bits per heavy atom. The molecular weight excluding hydrogens is 442 g/mol. The standard InChI is InChI=1S/C27H33N5O3/c1-3-5-8-16-32(27(34)30-21-10-9-11-22(17-21)35-4-2)19-20-14-15-25(29-18-20)26(33)31-24-13-7-6-12-23(24)28/h6-7,9-15,17-18H,3-5,8,16,19,28H2,1-2H3,(H,30,34)(H,31,33). The third-order valence-corrected chi connectivity index (χ3v) is 5.35. The van der Waals surface area contributed by atoms with Gasteiger partial charge in [0.15, 0.2) is 0 Å². The zero-order valence-corrected chi connectivity index (χ0v) is 20.3. The number of pyridine rings is 1. The fourth-order valence-electron chi connectivity index (χ4n) is 3.51. The van der Waals surface area contributed by atoms with Crippen LogP contribution in [0.15, 0.2) is 66.9 Å². The van der Waals surface area contributed by atoms with Gasteiger partial charge in [-0.3, -0.25) is 9.78 Å². The van der Waals surface area contributed by atoms with Crippen LogP contribution >= 0.6 is 0 Å². The van der Waals surface area contributed by atoms with E-state index in [1.165, 1.54) is 0 Å². The number of amides is 3. The van der Waals surface area contributed by atoms with E-state index in [2.05, 4.69) is 22.5 Å². The number of benzene rings is 2. The van der Waals surface area contributed by atoms with Gasteiger partial charge in [-0.1, -0.05) is 44.0 Å². The van der Waals surface area contributed by atoms with E-state index >= 15 is 0 Å². The zero-order valence-electron chi connectivity index (χ0n) is 20.3. The van der Waals surface area contributed by atoms with Crippen LogP contribution in [0.2, 0.25) is 0 Å². The number of para-hydroxylation sites is 2. The molecule has 1 aromatic heterocycles. The van der Waals surface area contributed by atoms with Crippen LogP contribution in [0.1, 0.15) is 49.2 Å². The van der Waals surface area contributed by atoms with Gasteiger partial charge in [-0.15, -0.1) is 0 Å². The molecule has 3 aromatic rings. The molecule has 3 rings (SSSR count). The lowest BCUT2D eigenvalue weighted by Gasteiger charge is -2.23. The first-order valence-corrected chi connectivity index (χ1v) is 11.9. The number of hydrogen-bond donors (Lipinski definition) is 3. The number of nitrogen functional groups attached to an aromatic ring is 1. The smallest absolute Gasteiger partial charge is 0.322 e. The molecule has 4 N–H and O–H groups in total. The number of ether oxygens (including phenoxy) is 1. The molecule has 1 heterocycles. The van der Waals surface area contributed by atoms with Gasteiger partial charge < -0.3 is 26.0 Å². The lowest BCUT2D eigenvalue weighted by molar-refractivity contribution is 0.102. The van der Waals surface area contributed by atoms with Crippen molar-refractivity contribution in [3.05, 3.63) is 78.1 Å². The molecule has 0 saturated heterocycles. The van der Waals surface area contributed by atoms with E-state index in [0.29, 0.717) is 42.5 Å². The molecule has 8 heteroatoms. The quantitative estimate of drug-likeness (QED) is 0.249. The Morgan fingerprint density at radius 3 is 2.54 bits per heavy atom. The molecule has 184 valence electrons. The highest BCUT2D eigenvalue weighted by molar-refractivity contribution is 6.04. The van der Waals surface area contributed by atoms with Crippen molar-refractivity contribution in [3.63, 3.8) is 0 Å².